The Kier molecular flexibility index (Phi) is 4.24. The molecule has 112 valence electrons. The van der Waals surface area contributed by atoms with Crippen LogP contribution in [-0.4, -0.2) is 15.5 Å². The number of halogens is 1. The Bertz CT molecular complexity index is 826. The smallest absolute Gasteiger partial charge is 0.226 e. The van der Waals surface area contributed by atoms with Crippen molar-refractivity contribution in [2.45, 2.75) is 19.9 Å². The number of hydrogen-bond donors (Lipinski definition) is 1. The highest BCUT2D eigenvalue weighted by molar-refractivity contribution is 9.10. The Morgan fingerprint density at radius 1 is 1.27 bits per heavy atom. The number of para-hydroxylation sites is 2. The summed E-state index contributed by atoms with van der Waals surface area (Å²) in [5, 5.41) is 2.95. The lowest BCUT2D eigenvalue weighted by molar-refractivity contribution is -0.116. The van der Waals surface area contributed by atoms with Crippen LogP contribution < -0.4 is 5.32 Å². The molecule has 0 unspecified atom stereocenters. The van der Waals surface area contributed by atoms with E-state index in [1.807, 2.05) is 54.0 Å². The molecule has 3 aromatic rings. The number of aromatic nitrogens is 2. The van der Waals surface area contributed by atoms with Crippen LogP contribution in [0, 0.1) is 6.92 Å². The summed E-state index contributed by atoms with van der Waals surface area (Å²) < 4.78 is 3.01. The van der Waals surface area contributed by atoms with Gasteiger partial charge in [-0.05, 0) is 42.8 Å². The third-order valence-electron chi connectivity index (χ3n) is 3.57. The number of aryl methyl sites for hydroxylation is 2. The molecule has 22 heavy (non-hydrogen) atoms. The summed E-state index contributed by atoms with van der Waals surface area (Å²) in [6, 6.07) is 13.7. The van der Waals surface area contributed by atoms with Crippen molar-refractivity contribution in [2.24, 2.45) is 0 Å². The van der Waals surface area contributed by atoms with Crippen LogP contribution in [0.1, 0.15) is 12.0 Å². The fourth-order valence-corrected chi connectivity index (χ4v) is 2.87. The number of hydrogen-bond acceptors (Lipinski definition) is 2. The summed E-state index contributed by atoms with van der Waals surface area (Å²) in [6.45, 7) is 2.59. The Hall–Kier alpha value is -2.14. The number of carbonyl (C=O) groups is 1. The fraction of sp³-hybridized carbons (Fsp3) is 0.176. The first-order valence-electron chi connectivity index (χ1n) is 7.09. The molecule has 0 saturated carbocycles. The van der Waals surface area contributed by atoms with E-state index in [1.54, 1.807) is 6.33 Å². The van der Waals surface area contributed by atoms with Crippen LogP contribution in [0.4, 0.5) is 5.69 Å². The highest BCUT2D eigenvalue weighted by Gasteiger charge is 2.07. The molecule has 1 aromatic heterocycles. The van der Waals surface area contributed by atoms with Gasteiger partial charge in [0.25, 0.3) is 0 Å². The molecule has 5 heteroatoms. The van der Waals surface area contributed by atoms with Gasteiger partial charge in [0, 0.05) is 23.1 Å². The van der Waals surface area contributed by atoms with E-state index >= 15 is 0 Å². The van der Waals surface area contributed by atoms with Crippen LogP contribution in [0.3, 0.4) is 0 Å². The van der Waals surface area contributed by atoms with Gasteiger partial charge in [0.1, 0.15) is 0 Å². The van der Waals surface area contributed by atoms with E-state index in [-0.39, 0.29) is 5.91 Å². The molecule has 1 N–H and O–H groups in total. The molecule has 3 rings (SSSR count). The Balaban J connectivity index is 1.65. The number of carbonyl (C=O) groups excluding carboxylic acids is 1. The molecule has 0 aliphatic carbocycles. The van der Waals surface area contributed by atoms with Crippen LogP contribution >= 0.6 is 15.9 Å². The average Bonchev–Trinajstić information content (AvgIpc) is 2.91. The third kappa shape index (κ3) is 3.20. The van der Waals surface area contributed by atoms with Gasteiger partial charge in [-0.3, -0.25) is 4.79 Å². The van der Waals surface area contributed by atoms with E-state index < -0.39 is 0 Å². The number of amides is 1. The van der Waals surface area contributed by atoms with Gasteiger partial charge in [-0.1, -0.05) is 28.1 Å². The quantitative estimate of drug-likeness (QED) is 0.762. The molecular weight excluding hydrogens is 342 g/mol. The molecule has 0 aliphatic heterocycles. The van der Waals surface area contributed by atoms with Crippen molar-refractivity contribution in [2.75, 3.05) is 5.32 Å². The van der Waals surface area contributed by atoms with Crippen molar-refractivity contribution < 1.29 is 4.79 Å². The van der Waals surface area contributed by atoms with Gasteiger partial charge in [0.2, 0.25) is 5.91 Å². The zero-order chi connectivity index (χ0) is 15.5. The normalized spacial score (nSPS) is 10.8. The van der Waals surface area contributed by atoms with Crippen LogP contribution in [-0.2, 0) is 11.3 Å². The minimum absolute atomic E-state index is 0.00297. The van der Waals surface area contributed by atoms with Crippen LogP contribution in [0.25, 0.3) is 11.0 Å². The molecule has 0 atom stereocenters. The second kappa shape index (κ2) is 6.32. The lowest BCUT2D eigenvalue weighted by atomic mass is 10.2. The zero-order valence-electron chi connectivity index (χ0n) is 12.2. The maximum Gasteiger partial charge on any atom is 0.226 e. The summed E-state index contributed by atoms with van der Waals surface area (Å²) in [5.74, 6) is 0.00297. The number of nitrogens with zero attached hydrogens (tertiary/aromatic N) is 2. The van der Waals surface area contributed by atoms with E-state index in [0.29, 0.717) is 13.0 Å². The van der Waals surface area contributed by atoms with Crippen molar-refractivity contribution in [3.8, 4) is 0 Å². The molecule has 1 amide bonds. The second-order valence-electron chi connectivity index (χ2n) is 5.18. The van der Waals surface area contributed by atoms with Crippen molar-refractivity contribution in [3.05, 3.63) is 58.8 Å². The topological polar surface area (TPSA) is 46.9 Å². The van der Waals surface area contributed by atoms with Gasteiger partial charge in [-0.25, -0.2) is 4.98 Å². The summed E-state index contributed by atoms with van der Waals surface area (Å²) >= 11 is 3.42. The van der Waals surface area contributed by atoms with Gasteiger partial charge in [-0.2, -0.15) is 0 Å². The first kappa shape index (κ1) is 14.8. The van der Waals surface area contributed by atoms with E-state index in [9.17, 15) is 4.79 Å². The van der Waals surface area contributed by atoms with Gasteiger partial charge in [0.05, 0.1) is 17.4 Å². The lowest BCUT2D eigenvalue weighted by Crippen LogP contribution is -2.14. The lowest BCUT2D eigenvalue weighted by Gasteiger charge is -2.09. The SMILES string of the molecule is Cc1cc(Br)ccc1NC(=O)CCn1cnc2ccccc21. The Labute approximate surface area is 137 Å². The van der Waals surface area contributed by atoms with Crippen molar-refractivity contribution in [3.63, 3.8) is 0 Å². The zero-order valence-corrected chi connectivity index (χ0v) is 13.8. The summed E-state index contributed by atoms with van der Waals surface area (Å²) in [5.41, 5.74) is 3.89. The number of imidazole rings is 1. The number of rotatable bonds is 4. The molecule has 2 aromatic carbocycles. The van der Waals surface area contributed by atoms with Crippen LogP contribution in [0.15, 0.2) is 53.3 Å². The number of anilines is 1. The first-order chi connectivity index (χ1) is 10.6. The van der Waals surface area contributed by atoms with Gasteiger partial charge >= 0.3 is 0 Å². The summed E-state index contributed by atoms with van der Waals surface area (Å²) in [6.07, 6.45) is 2.19. The van der Waals surface area contributed by atoms with Crippen LogP contribution in [0.5, 0.6) is 0 Å². The minimum Gasteiger partial charge on any atom is -0.330 e. The number of fused-ring (bicyclic) bond motifs is 1. The van der Waals surface area contributed by atoms with E-state index in [4.69, 9.17) is 0 Å². The predicted molar refractivity (Wildman–Crippen MR) is 91.9 cm³/mol. The second-order valence-corrected chi connectivity index (χ2v) is 6.10. The molecule has 4 nitrogen and oxygen atoms in total. The standard InChI is InChI=1S/C17H16BrN3O/c1-12-10-13(18)6-7-14(12)20-17(22)8-9-21-11-19-15-4-2-3-5-16(15)21/h2-7,10-11H,8-9H2,1H3,(H,20,22). The highest BCUT2D eigenvalue weighted by atomic mass is 79.9. The average molecular weight is 358 g/mol. The minimum atomic E-state index is 0.00297. The predicted octanol–water partition coefficient (Wildman–Crippen LogP) is 4.14. The molecular formula is C17H16BrN3O. The Morgan fingerprint density at radius 3 is 2.91 bits per heavy atom. The summed E-state index contributed by atoms with van der Waals surface area (Å²) in [4.78, 5) is 16.5. The molecule has 0 radical (unpaired) electrons. The molecule has 0 spiro atoms. The number of benzene rings is 2. The molecule has 0 aliphatic rings. The van der Waals surface area contributed by atoms with Crippen molar-refractivity contribution >= 4 is 38.6 Å². The van der Waals surface area contributed by atoms with E-state index in [0.717, 1.165) is 26.8 Å². The maximum absolute atomic E-state index is 12.1. The van der Waals surface area contributed by atoms with Gasteiger partial charge < -0.3 is 9.88 Å². The number of nitrogens with one attached hydrogen (secondary N) is 1. The molecule has 0 saturated heterocycles. The van der Waals surface area contributed by atoms with E-state index in [1.165, 1.54) is 0 Å². The van der Waals surface area contributed by atoms with Gasteiger partial charge in [0.15, 0.2) is 0 Å². The van der Waals surface area contributed by atoms with Crippen molar-refractivity contribution in [1.82, 2.24) is 9.55 Å². The third-order valence-corrected chi connectivity index (χ3v) is 4.06. The monoisotopic (exact) mass is 357 g/mol. The Morgan fingerprint density at radius 2 is 2.09 bits per heavy atom. The van der Waals surface area contributed by atoms with Gasteiger partial charge in [-0.15, -0.1) is 0 Å². The first-order valence-corrected chi connectivity index (χ1v) is 7.88. The largest absolute Gasteiger partial charge is 0.330 e. The molecule has 0 bridgehead atoms. The maximum atomic E-state index is 12.1. The summed E-state index contributed by atoms with van der Waals surface area (Å²) in [7, 11) is 0. The molecule has 1 heterocycles. The highest BCUT2D eigenvalue weighted by Crippen LogP contribution is 2.20. The fourth-order valence-electron chi connectivity index (χ4n) is 2.39. The van der Waals surface area contributed by atoms with Crippen LogP contribution in [0.2, 0.25) is 0 Å². The van der Waals surface area contributed by atoms with E-state index in [2.05, 4.69) is 26.2 Å². The molecule has 0 fully saturated rings. The van der Waals surface area contributed by atoms with Crippen molar-refractivity contribution in [1.29, 1.82) is 0 Å².